The molecule has 1 aliphatic carbocycles. The van der Waals surface area contributed by atoms with Gasteiger partial charge in [-0.25, -0.2) is 4.79 Å². The molecule has 1 saturated carbocycles. The molecule has 15 heavy (non-hydrogen) atoms. The highest BCUT2D eigenvalue weighted by molar-refractivity contribution is 6.02. The van der Waals surface area contributed by atoms with Crippen molar-refractivity contribution in [2.24, 2.45) is 5.73 Å². The molecule has 0 aromatic heterocycles. The summed E-state index contributed by atoms with van der Waals surface area (Å²) in [5.74, 6) is -0.107. The third kappa shape index (κ3) is 1.71. The van der Waals surface area contributed by atoms with Gasteiger partial charge in [0.25, 0.3) is 5.91 Å². The van der Waals surface area contributed by atoms with E-state index in [0.717, 1.165) is 25.7 Å². The third-order valence-electron chi connectivity index (χ3n) is 3.29. The van der Waals surface area contributed by atoms with E-state index >= 15 is 0 Å². The number of carbonyl (C=O) groups excluding carboxylic acids is 2. The summed E-state index contributed by atoms with van der Waals surface area (Å²) in [7, 11) is 1.65. The molecule has 0 aromatic rings. The van der Waals surface area contributed by atoms with Crippen LogP contribution in [0.25, 0.3) is 0 Å². The summed E-state index contributed by atoms with van der Waals surface area (Å²) in [6, 6.07) is -0.316. The molecule has 2 fully saturated rings. The molecule has 2 aliphatic rings. The Morgan fingerprint density at radius 3 is 2.47 bits per heavy atom. The Labute approximate surface area is 89.2 Å². The van der Waals surface area contributed by atoms with Crippen LogP contribution >= 0.6 is 0 Å². The molecule has 2 atom stereocenters. The first-order valence-electron chi connectivity index (χ1n) is 5.44. The first-order valence-corrected chi connectivity index (χ1v) is 5.44. The zero-order valence-electron chi connectivity index (χ0n) is 8.98. The van der Waals surface area contributed by atoms with E-state index in [2.05, 4.69) is 0 Å². The quantitative estimate of drug-likeness (QED) is 0.628. The standard InChI is InChI=1S/C10H17N3O2/c1-12-6-9(14)13(10(12)15)8-5-3-2-4-7(8)11/h7-8H,2-6,11H2,1H3. The molecule has 0 spiro atoms. The number of carbonyl (C=O) groups is 2. The fourth-order valence-corrected chi connectivity index (χ4v) is 2.42. The van der Waals surface area contributed by atoms with Crippen LogP contribution in [0.1, 0.15) is 25.7 Å². The van der Waals surface area contributed by atoms with Gasteiger partial charge in [0, 0.05) is 13.1 Å². The van der Waals surface area contributed by atoms with Crippen molar-refractivity contribution in [3.05, 3.63) is 0 Å². The monoisotopic (exact) mass is 211 g/mol. The lowest BCUT2D eigenvalue weighted by molar-refractivity contribution is -0.127. The van der Waals surface area contributed by atoms with E-state index in [4.69, 9.17) is 5.73 Å². The van der Waals surface area contributed by atoms with Crippen molar-refractivity contribution in [2.45, 2.75) is 37.8 Å². The van der Waals surface area contributed by atoms with Crippen LogP contribution in [0.15, 0.2) is 0 Å². The Morgan fingerprint density at radius 2 is 1.93 bits per heavy atom. The number of nitrogens with zero attached hydrogens (tertiary/aromatic N) is 2. The first kappa shape index (κ1) is 10.4. The van der Waals surface area contributed by atoms with Crippen molar-refractivity contribution >= 4 is 11.9 Å². The van der Waals surface area contributed by atoms with Crippen LogP contribution in [0, 0.1) is 0 Å². The van der Waals surface area contributed by atoms with Gasteiger partial charge in [-0.1, -0.05) is 12.8 Å². The van der Waals surface area contributed by atoms with Crippen LogP contribution in [0.5, 0.6) is 0 Å². The lowest BCUT2D eigenvalue weighted by Gasteiger charge is -2.34. The highest BCUT2D eigenvalue weighted by Gasteiger charge is 2.41. The minimum atomic E-state index is -0.192. The van der Waals surface area contributed by atoms with Crippen molar-refractivity contribution in [2.75, 3.05) is 13.6 Å². The van der Waals surface area contributed by atoms with Gasteiger partial charge in [0.15, 0.2) is 0 Å². The lowest BCUT2D eigenvalue weighted by atomic mass is 9.90. The first-order chi connectivity index (χ1) is 7.11. The van der Waals surface area contributed by atoms with E-state index in [0.29, 0.717) is 0 Å². The minimum absolute atomic E-state index is 0.0434. The third-order valence-corrected chi connectivity index (χ3v) is 3.29. The number of urea groups is 1. The van der Waals surface area contributed by atoms with E-state index in [9.17, 15) is 9.59 Å². The maximum absolute atomic E-state index is 11.7. The number of hydrogen-bond acceptors (Lipinski definition) is 3. The molecule has 2 N–H and O–H groups in total. The number of likely N-dealkylation sites (N-methyl/N-ethyl adjacent to an activating group) is 1. The molecule has 5 nitrogen and oxygen atoms in total. The maximum atomic E-state index is 11.7. The predicted octanol–water partition coefficient (Wildman–Crippen LogP) is 0.150. The second-order valence-corrected chi connectivity index (χ2v) is 4.42. The molecule has 84 valence electrons. The van der Waals surface area contributed by atoms with Crippen LogP contribution in [-0.4, -0.2) is 47.4 Å². The van der Waals surface area contributed by atoms with Crippen molar-refractivity contribution in [1.29, 1.82) is 0 Å². The molecule has 2 rings (SSSR count). The number of amides is 3. The van der Waals surface area contributed by atoms with E-state index in [1.54, 1.807) is 7.05 Å². The Morgan fingerprint density at radius 1 is 1.27 bits per heavy atom. The van der Waals surface area contributed by atoms with Gasteiger partial charge in [0.1, 0.15) is 6.54 Å². The van der Waals surface area contributed by atoms with Gasteiger partial charge in [-0.05, 0) is 12.8 Å². The van der Waals surface area contributed by atoms with Crippen LogP contribution in [-0.2, 0) is 4.79 Å². The molecule has 0 radical (unpaired) electrons. The number of nitrogens with two attached hydrogens (primary N) is 1. The summed E-state index contributed by atoms with van der Waals surface area (Å²) in [4.78, 5) is 26.2. The Kier molecular flexibility index (Phi) is 2.65. The maximum Gasteiger partial charge on any atom is 0.327 e. The predicted molar refractivity (Wildman–Crippen MR) is 55.1 cm³/mol. The van der Waals surface area contributed by atoms with Gasteiger partial charge in [0.05, 0.1) is 6.04 Å². The average molecular weight is 211 g/mol. The molecule has 1 saturated heterocycles. The van der Waals surface area contributed by atoms with Gasteiger partial charge >= 0.3 is 6.03 Å². The zero-order chi connectivity index (χ0) is 11.0. The molecular formula is C10H17N3O2. The molecule has 1 aliphatic heterocycles. The zero-order valence-corrected chi connectivity index (χ0v) is 8.98. The molecule has 2 unspecified atom stereocenters. The molecular weight excluding hydrogens is 194 g/mol. The smallest absolute Gasteiger partial charge is 0.326 e. The van der Waals surface area contributed by atoms with E-state index in [-0.39, 0.29) is 30.6 Å². The van der Waals surface area contributed by atoms with Gasteiger partial charge in [-0.2, -0.15) is 0 Å². The van der Waals surface area contributed by atoms with Crippen molar-refractivity contribution in [3.63, 3.8) is 0 Å². The average Bonchev–Trinajstić information content (AvgIpc) is 2.43. The van der Waals surface area contributed by atoms with E-state index in [1.807, 2.05) is 0 Å². The fourth-order valence-electron chi connectivity index (χ4n) is 2.42. The Balaban J connectivity index is 2.15. The Hall–Kier alpha value is -1.10. The summed E-state index contributed by atoms with van der Waals surface area (Å²) in [6.07, 6.45) is 3.92. The molecule has 0 aromatic carbocycles. The molecule has 1 heterocycles. The van der Waals surface area contributed by atoms with Gasteiger partial charge in [-0.3, -0.25) is 9.69 Å². The minimum Gasteiger partial charge on any atom is -0.326 e. The number of rotatable bonds is 1. The second kappa shape index (κ2) is 3.81. The summed E-state index contributed by atoms with van der Waals surface area (Å²) in [5, 5.41) is 0. The molecule has 0 bridgehead atoms. The van der Waals surface area contributed by atoms with Gasteiger partial charge in [0.2, 0.25) is 0 Å². The second-order valence-electron chi connectivity index (χ2n) is 4.42. The van der Waals surface area contributed by atoms with Crippen LogP contribution in [0.2, 0.25) is 0 Å². The lowest BCUT2D eigenvalue weighted by Crippen LogP contribution is -2.52. The van der Waals surface area contributed by atoms with E-state index in [1.165, 1.54) is 9.80 Å². The van der Waals surface area contributed by atoms with E-state index < -0.39 is 0 Å². The van der Waals surface area contributed by atoms with Crippen molar-refractivity contribution < 1.29 is 9.59 Å². The SMILES string of the molecule is CN1CC(=O)N(C2CCCCC2N)C1=O. The summed E-state index contributed by atoms with van der Waals surface area (Å²) >= 11 is 0. The van der Waals surface area contributed by atoms with Crippen molar-refractivity contribution in [1.82, 2.24) is 9.80 Å². The highest BCUT2D eigenvalue weighted by atomic mass is 16.2. The van der Waals surface area contributed by atoms with Gasteiger partial charge < -0.3 is 10.6 Å². The summed E-state index contributed by atoms with van der Waals surface area (Å²) in [6.45, 7) is 0.196. The topological polar surface area (TPSA) is 66.6 Å². The van der Waals surface area contributed by atoms with Crippen LogP contribution in [0.3, 0.4) is 0 Å². The largest absolute Gasteiger partial charge is 0.327 e. The molecule has 5 heteroatoms. The summed E-state index contributed by atoms with van der Waals surface area (Å²) in [5.41, 5.74) is 5.96. The summed E-state index contributed by atoms with van der Waals surface area (Å²) < 4.78 is 0. The number of hydrogen-bond donors (Lipinski definition) is 1. The van der Waals surface area contributed by atoms with Crippen molar-refractivity contribution in [3.8, 4) is 0 Å². The normalized spacial score (nSPS) is 32.7. The Bertz CT molecular complexity index is 292. The highest BCUT2D eigenvalue weighted by Crippen LogP contribution is 2.25. The van der Waals surface area contributed by atoms with Crippen LogP contribution in [0.4, 0.5) is 4.79 Å². The fraction of sp³-hybridized carbons (Fsp3) is 0.800. The number of imide groups is 1. The van der Waals surface area contributed by atoms with Gasteiger partial charge in [-0.15, -0.1) is 0 Å². The molecule has 3 amide bonds. The van der Waals surface area contributed by atoms with Crippen LogP contribution < -0.4 is 5.73 Å².